The Morgan fingerprint density at radius 1 is 0.422 bits per heavy atom. The quantitative estimate of drug-likeness (QED) is 0.0261. The minimum Gasteiger partial charge on any atom is -0.394 e. The number of rotatable bonds is 54. The predicted octanol–water partition coefficient (Wildman–Crippen LogP) is 17.7. The summed E-state index contributed by atoms with van der Waals surface area (Å²) >= 11 is 0. The third kappa shape index (κ3) is 49.5. The van der Waals surface area contributed by atoms with E-state index in [1.54, 1.807) is 6.08 Å². The zero-order valence-electron chi connectivity index (χ0n) is 52.1. The summed E-state index contributed by atoms with van der Waals surface area (Å²) in [4.78, 5) is 13.1. The predicted molar refractivity (Wildman–Crippen MR) is 354 cm³/mol. The zero-order valence-corrected chi connectivity index (χ0v) is 52.1. The van der Waals surface area contributed by atoms with Crippen molar-refractivity contribution >= 4 is 5.91 Å². The third-order valence-corrected chi connectivity index (χ3v) is 14.3. The summed E-state index contributed by atoms with van der Waals surface area (Å²) < 4.78 is 11.3. The van der Waals surface area contributed by atoms with Crippen LogP contribution in [0.1, 0.15) is 232 Å². The molecule has 1 heterocycles. The number of carbonyl (C=O) groups is 1. The van der Waals surface area contributed by atoms with Crippen molar-refractivity contribution in [2.45, 2.75) is 275 Å². The fraction of sp³-hybridized carbons (Fsp3) is 0.608. The molecule has 0 aromatic rings. The third-order valence-electron chi connectivity index (χ3n) is 14.3. The van der Waals surface area contributed by atoms with Crippen LogP contribution in [-0.4, -0.2) is 87.5 Å². The second-order valence-corrected chi connectivity index (χ2v) is 21.8. The van der Waals surface area contributed by atoms with Gasteiger partial charge in [-0.15, -0.1) is 0 Å². The molecule has 1 saturated heterocycles. The summed E-state index contributed by atoms with van der Waals surface area (Å²) in [6, 6.07) is -0.848. The Morgan fingerprint density at radius 2 is 0.759 bits per heavy atom. The summed E-state index contributed by atoms with van der Waals surface area (Å²) in [6.07, 6.45) is 90.0. The molecule has 1 aliphatic heterocycles. The Kier molecular flexibility index (Phi) is 56.0. The molecule has 0 aromatic carbocycles. The number of carbonyl (C=O) groups excluding carboxylic acids is 1. The molecular formula is C74H119NO8. The summed E-state index contributed by atoms with van der Waals surface area (Å²) in [6.45, 7) is 3.62. The number of aliphatic hydroxyl groups is 5. The van der Waals surface area contributed by atoms with Gasteiger partial charge in [-0.2, -0.15) is 0 Å². The van der Waals surface area contributed by atoms with Crippen LogP contribution in [0.15, 0.2) is 170 Å². The lowest BCUT2D eigenvalue weighted by molar-refractivity contribution is -0.302. The van der Waals surface area contributed by atoms with Crippen LogP contribution in [-0.2, 0) is 14.3 Å². The van der Waals surface area contributed by atoms with Crippen molar-refractivity contribution in [1.82, 2.24) is 5.32 Å². The molecule has 83 heavy (non-hydrogen) atoms. The molecule has 468 valence electrons. The van der Waals surface area contributed by atoms with Crippen molar-refractivity contribution in [2.24, 2.45) is 0 Å². The van der Waals surface area contributed by atoms with Crippen molar-refractivity contribution < 1.29 is 39.8 Å². The van der Waals surface area contributed by atoms with Gasteiger partial charge in [0, 0.05) is 6.42 Å². The maximum absolute atomic E-state index is 13.1. The van der Waals surface area contributed by atoms with Gasteiger partial charge in [-0.3, -0.25) is 4.79 Å². The van der Waals surface area contributed by atoms with Gasteiger partial charge in [0.1, 0.15) is 24.4 Å². The first-order chi connectivity index (χ1) is 40.8. The maximum Gasteiger partial charge on any atom is 0.220 e. The average Bonchev–Trinajstić information content (AvgIpc) is 3.61. The molecule has 7 atom stereocenters. The number of nitrogens with one attached hydrogen (secondary N) is 1. The molecule has 0 saturated carbocycles. The van der Waals surface area contributed by atoms with Gasteiger partial charge in [-0.05, 0) is 128 Å². The van der Waals surface area contributed by atoms with E-state index in [2.05, 4.69) is 177 Å². The number of hydrogen-bond donors (Lipinski definition) is 6. The normalized spacial score (nSPS) is 19.4. The van der Waals surface area contributed by atoms with E-state index in [-0.39, 0.29) is 12.5 Å². The van der Waals surface area contributed by atoms with Crippen LogP contribution in [0.2, 0.25) is 0 Å². The number of hydrogen-bond acceptors (Lipinski definition) is 8. The van der Waals surface area contributed by atoms with Crippen LogP contribution in [0.4, 0.5) is 0 Å². The van der Waals surface area contributed by atoms with Crippen molar-refractivity contribution in [3.63, 3.8) is 0 Å². The molecule has 9 heteroatoms. The molecular weight excluding hydrogens is 1030 g/mol. The minimum absolute atomic E-state index is 0.209. The molecule has 0 aromatic heterocycles. The zero-order chi connectivity index (χ0) is 60.0. The van der Waals surface area contributed by atoms with Gasteiger partial charge < -0.3 is 40.3 Å². The Labute approximate surface area is 507 Å². The first kappa shape index (κ1) is 76.6. The number of amides is 1. The standard InChI is InChI=1S/C74H119NO8/c1-3-5-7-9-11-13-15-17-19-21-23-24-25-26-27-28-29-30-31-32-33-34-35-36-37-38-39-40-41-42-43-44-46-48-50-52-54-56-58-60-62-64-70(78)75-67(66-82-74-73(81)72(80)71(79)69(65-76)83-74)68(77)63-61-59-57-55-53-51-49-47-45-22-20-18-16-14-12-10-8-6-4-2/h5,7,11,13,17,19,23-24,26-27,29-30,32-33,35-36,38-39,41-42,44-47,53,55,61,63,67-69,71-74,76-77,79-81H,3-4,6,8-10,12,14-16,18,20-22,25,28,31,34,37,40,43,48-52,54,56-60,62,64-66H2,1-2H3,(H,75,78)/b7-5-,13-11-,19-17-,24-23-,27-26-,30-29-,33-32-,36-35-,39-38-,42-41-,46-44-,47-45+,55-53+,63-61+. The summed E-state index contributed by atoms with van der Waals surface area (Å²) in [5, 5.41) is 54.6. The van der Waals surface area contributed by atoms with Crippen LogP contribution < -0.4 is 5.32 Å². The van der Waals surface area contributed by atoms with E-state index in [1.807, 2.05) is 6.08 Å². The van der Waals surface area contributed by atoms with Crippen molar-refractivity contribution in [3.05, 3.63) is 170 Å². The molecule has 0 spiro atoms. The highest BCUT2D eigenvalue weighted by molar-refractivity contribution is 5.76. The molecule has 6 N–H and O–H groups in total. The largest absolute Gasteiger partial charge is 0.394 e. The number of ether oxygens (including phenoxy) is 2. The number of allylic oxidation sites excluding steroid dienone is 27. The second kappa shape index (κ2) is 60.7. The van der Waals surface area contributed by atoms with E-state index in [4.69, 9.17) is 9.47 Å². The summed E-state index contributed by atoms with van der Waals surface area (Å²) in [5.74, 6) is -0.209. The van der Waals surface area contributed by atoms with E-state index in [0.29, 0.717) is 6.42 Å². The highest BCUT2D eigenvalue weighted by atomic mass is 16.7. The van der Waals surface area contributed by atoms with Gasteiger partial charge in [0.2, 0.25) is 5.91 Å². The molecule has 1 rings (SSSR count). The molecule has 7 unspecified atom stereocenters. The Hall–Kier alpha value is -4.45. The van der Waals surface area contributed by atoms with Gasteiger partial charge in [0.25, 0.3) is 0 Å². The molecule has 0 bridgehead atoms. The SMILES string of the molecule is CC/C=C\C/C=C\C/C=C\C/C=C\C/C=C\C/C=C\C/C=C\C/C=C\C/C=C\C/C=C\C/C=C\CCCCCCCCCC(=O)NC(COC1OC(CO)C(O)C(O)C1O)C(O)/C=C/CC/C=C/CC/C=C/CCCCCCCCCCC. The van der Waals surface area contributed by atoms with Gasteiger partial charge in [-0.1, -0.05) is 267 Å². The molecule has 1 fully saturated rings. The lowest BCUT2D eigenvalue weighted by atomic mass is 9.99. The molecule has 9 nitrogen and oxygen atoms in total. The van der Waals surface area contributed by atoms with E-state index < -0.39 is 49.5 Å². The molecule has 1 aliphatic rings. The Balaban J connectivity index is 2.20. The van der Waals surface area contributed by atoms with E-state index >= 15 is 0 Å². The lowest BCUT2D eigenvalue weighted by Crippen LogP contribution is -2.60. The monoisotopic (exact) mass is 1150 g/mol. The van der Waals surface area contributed by atoms with Crippen LogP contribution in [0.5, 0.6) is 0 Å². The Morgan fingerprint density at radius 3 is 1.16 bits per heavy atom. The van der Waals surface area contributed by atoms with Crippen LogP contribution >= 0.6 is 0 Å². The molecule has 0 radical (unpaired) electrons. The van der Waals surface area contributed by atoms with Gasteiger partial charge >= 0.3 is 0 Å². The van der Waals surface area contributed by atoms with E-state index in [1.165, 1.54) is 77.0 Å². The first-order valence-electron chi connectivity index (χ1n) is 32.9. The average molecular weight is 1150 g/mol. The summed E-state index contributed by atoms with van der Waals surface area (Å²) in [7, 11) is 0. The summed E-state index contributed by atoms with van der Waals surface area (Å²) in [5.41, 5.74) is 0. The molecule has 0 aliphatic carbocycles. The van der Waals surface area contributed by atoms with Crippen LogP contribution in [0.25, 0.3) is 0 Å². The van der Waals surface area contributed by atoms with Gasteiger partial charge in [0.15, 0.2) is 6.29 Å². The van der Waals surface area contributed by atoms with E-state index in [9.17, 15) is 30.3 Å². The topological polar surface area (TPSA) is 149 Å². The van der Waals surface area contributed by atoms with E-state index in [0.717, 1.165) is 135 Å². The number of aliphatic hydroxyl groups excluding tert-OH is 5. The lowest BCUT2D eigenvalue weighted by Gasteiger charge is -2.40. The fourth-order valence-corrected chi connectivity index (χ4v) is 9.13. The van der Waals surface area contributed by atoms with Crippen molar-refractivity contribution in [2.75, 3.05) is 13.2 Å². The molecule has 1 amide bonds. The maximum atomic E-state index is 13.1. The number of unbranched alkanes of at least 4 members (excludes halogenated alkanes) is 18. The van der Waals surface area contributed by atoms with Crippen LogP contribution in [0, 0.1) is 0 Å². The van der Waals surface area contributed by atoms with Crippen molar-refractivity contribution in [3.8, 4) is 0 Å². The highest BCUT2D eigenvalue weighted by Gasteiger charge is 2.44. The van der Waals surface area contributed by atoms with Crippen LogP contribution in [0.3, 0.4) is 0 Å². The highest BCUT2D eigenvalue weighted by Crippen LogP contribution is 2.23. The van der Waals surface area contributed by atoms with Gasteiger partial charge in [0.05, 0.1) is 25.4 Å². The Bertz CT molecular complexity index is 1910. The minimum atomic E-state index is -1.59. The van der Waals surface area contributed by atoms with Crippen molar-refractivity contribution in [1.29, 1.82) is 0 Å². The second-order valence-electron chi connectivity index (χ2n) is 21.8. The van der Waals surface area contributed by atoms with Gasteiger partial charge in [-0.25, -0.2) is 0 Å². The fourth-order valence-electron chi connectivity index (χ4n) is 9.13. The smallest absolute Gasteiger partial charge is 0.220 e. The first-order valence-corrected chi connectivity index (χ1v) is 32.9.